The van der Waals surface area contributed by atoms with Crippen LogP contribution >= 0.6 is 48.8 Å². The lowest BCUT2D eigenvalue weighted by molar-refractivity contribution is -0.170. The molecule has 0 spiro atoms. The molecule has 0 fully saturated rings. The third-order valence-corrected chi connectivity index (χ3v) is 10.8. The molecule has 56 heavy (non-hydrogen) atoms. The molecule has 1 atom stereocenters. The highest BCUT2D eigenvalue weighted by atomic mass is 32.2. The molecule has 0 amide bonds. The maximum Gasteiger partial charge on any atom is 0.307 e. The Balaban J connectivity index is 2.75. The largest absolute Gasteiger partial charge is 0.504 e. The molecule has 0 radical (unpaired) electrons. The quantitative estimate of drug-likeness (QED) is 0.0174. The normalized spacial score (nSPS) is 12.7. The molecule has 1 aromatic rings. The predicted molar refractivity (Wildman–Crippen MR) is 221 cm³/mol. The van der Waals surface area contributed by atoms with Crippen LogP contribution in [0.3, 0.4) is 0 Å². The van der Waals surface area contributed by atoms with Crippen LogP contribution in [0, 0.1) is 5.41 Å². The Kier molecular flexibility index (Phi) is 25.8. The molecule has 1 rings (SSSR count). The molecule has 0 heterocycles. The van der Waals surface area contributed by atoms with E-state index in [1.165, 1.54) is 17.8 Å². The van der Waals surface area contributed by atoms with Crippen molar-refractivity contribution in [2.75, 3.05) is 75.5 Å². The molecule has 0 saturated heterocycles. The highest BCUT2D eigenvalue weighted by molar-refractivity contribution is 7.99. The van der Waals surface area contributed by atoms with Crippen LogP contribution in [0.1, 0.15) is 79.1 Å². The molecule has 0 saturated carbocycles. The Labute approximate surface area is 350 Å². The zero-order valence-electron chi connectivity index (χ0n) is 33.2. The van der Waals surface area contributed by atoms with Gasteiger partial charge in [-0.25, -0.2) is 0 Å². The second-order valence-electron chi connectivity index (χ2n) is 13.8. The van der Waals surface area contributed by atoms with Crippen molar-refractivity contribution in [1.82, 2.24) is 0 Å². The molecule has 0 aliphatic rings. The first-order valence-corrected chi connectivity index (χ1v) is 21.8. The number of ether oxygens (including phenoxy) is 7. The molecule has 0 aliphatic heterocycles. The van der Waals surface area contributed by atoms with E-state index in [-0.39, 0.29) is 72.4 Å². The Hall–Kier alpha value is -2.51. The van der Waals surface area contributed by atoms with Gasteiger partial charge in [-0.2, -0.15) is 37.0 Å². The summed E-state index contributed by atoms with van der Waals surface area (Å²) in [5.74, 6) is -2.04. The van der Waals surface area contributed by atoms with Gasteiger partial charge in [-0.15, -0.1) is 11.8 Å². The van der Waals surface area contributed by atoms with Gasteiger partial charge < -0.3 is 43.4 Å². The monoisotopic (exact) mass is 868 g/mol. The lowest BCUT2D eigenvalue weighted by Gasteiger charge is -2.31. The Morgan fingerprint density at radius 2 is 1.20 bits per heavy atom. The molecule has 0 bridgehead atoms. The standard InChI is InChI=1S/C38H60O14S4/c1-6-37(4,16-17-46-5)51-18-15-36(2,3)52-34(44)13-22-55-21-12-32(42)49-26-38(24-47-30(40)10-19-53,25-48-31(41)11-20-54)27-50-33(43)14-23-56-29-9-7-8-28(39)35(29)45/h7-9,39,45,53-54H,6,10-27H2,1-5H3. The van der Waals surface area contributed by atoms with Crippen LogP contribution in [0.25, 0.3) is 0 Å². The van der Waals surface area contributed by atoms with Crippen molar-refractivity contribution in [3.63, 3.8) is 0 Å². The van der Waals surface area contributed by atoms with Gasteiger partial charge in [-0.1, -0.05) is 13.0 Å². The van der Waals surface area contributed by atoms with Crippen molar-refractivity contribution in [1.29, 1.82) is 0 Å². The van der Waals surface area contributed by atoms with E-state index in [1.807, 2.05) is 20.8 Å². The average Bonchev–Trinajstić information content (AvgIpc) is 3.15. The van der Waals surface area contributed by atoms with E-state index < -0.39 is 61.3 Å². The fourth-order valence-corrected chi connectivity index (χ4v) is 6.66. The maximum absolute atomic E-state index is 12.8. The molecular formula is C38H60O14S4. The van der Waals surface area contributed by atoms with Gasteiger partial charge in [0.1, 0.15) is 37.4 Å². The zero-order valence-corrected chi connectivity index (χ0v) is 36.6. The van der Waals surface area contributed by atoms with E-state index in [4.69, 9.17) is 33.2 Å². The third kappa shape index (κ3) is 22.4. The number of benzene rings is 1. The summed E-state index contributed by atoms with van der Waals surface area (Å²) in [5, 5.41) is 19.7. The molecule has 2 N–H and O–H groups in total. The van der Waals surface area contributed by atoms with E-state index in [9.17, 15) is 34.2 Å². The fraction of sp³-hybridized carbons (Fsp3) is 0.711. The van der Waals surface area contributed by atoms with E-state index >= 15 is 0 Å². The number of esters is 5. The summed E-state index contributed by atoms with van der Waals surface area (Å²) in [6.45, 7) is 7.17. The lowest BCUT2D eigenvalue weighted by Crippen LogP contribution is -2.44. The zero-order chi connectivity index (χ0) is 42.0. The number of thioether (sulfide) groups is 2. The Morgan fingerprint density at radius 1 is 0.696 bits per heavy atom. The number of phenolic OH excluding ortho intramolecular Hbond substituents is 2. The highest BCUT2D eigenvalue weighted by Gasteiger charge is 2.38. The first-order chi connectivity index (χ1) is 26.5. The predicted octanol–water partition coefficient (Wildman–Crippen LogP) is 5.83. The van der Waals surface area contributed by atoms with Crippen molar-refractivity contribution in [2.45, 2.75) is 95.2 Å². The van der Waals surface area contributed by atoms with Crippen molar-refractivity contribution < 1.29 is 67.3 Å². The van der Waals surface area contributed by atoms with Crippen LogP contribution in [0.4, 0.5) is 0 Å². The van der Waals surface area contributed by atoms with Crippen LogP contribution in [-0.4, -0.2) is 127 Å². The minimum absolute atomic E-state index is 0.0121. The summed E-state index contributed by atoms with van der Waals surface area (Å²) in [4.78, 5) is 63.1. The SMILES string of the molecule is CCC(C)(CCOC)OCCC(C)(C)OC(=O)CCSCCC(=O)OCC(COC(=O)CCS)(COC(=O)CCS)COC(=O)CCSc1cccc(O)c1O. The van der Waals surface area contributed by atoms with E-state index in [1.54, 1.807) is 19.2 Å². The van der Waals surface area contributed by atoms with Gasteiger partial charge in [-0.05, 0) is 45.7 Å². The number of rotatable bonds is 31. The Bertz CT molecular complexity index is 1340. The number of thiol groups is 2. The summed E-state index contributed by atoms with van der Waals surface area (Å²) in [6.07, 6.45) is 2.11. The topological polar surface area (TPSA) is 190 Å². The highest BCUT2D eigenvalue weighted by Crippen LogP contribution is 2.35. The summed E-state index contributed by atoms with van der Waals surface area (Å²) in [5.41, 5.74) is -2.48. The summed E-state index contributed by atoms with van der Waals surface area (Å²) >= 11 is 10.6. The van der Waals surface area contributed by atoms with Crippen molar-refractivity contribution >= 4 is 78.6 Å². The van der Waals surface area contributed by atoms with Gasteiger partial charge >= 0.3 is 29.8 Å². The second-order valence-corrected chi connectivity index (χ2v) is 17.1. The molecule has 1 aromatic carbocycles. The van der Waals surface area contributed by atoms with E-state index in [0.29, 0.717) is 36.0 Å². The molecule has 1 unspecified atom stereocenters. The smallest absolute Gasteiger partial charge is 0.307 e. The van der Waals surface area contributed by atoms with Crippen molar-refractivity contribution in [2.24, 2.45) is 5.41 Å². The van der Waals surface area contributed by atoms with Crippen LogP contribution in [-0.2, 0) is 57.1 Å². The average molecular weight is 869 g/mol. The number of phenols is 2. The summed E-state index contributed by atoms with van der Waals surface area (Å²) < 4.78 is 38.8. The first kappa shape index (κ1) is 51.5. The molecule has 0 aliphatic carbocycles. The minimum Gasteiger partial charge on any atom is -0.504 e. The number of aromatic hydroxyl groups is 2. The second kappa shape index (κ2) is 28.0. The summed E-state index contributed by atoms with van der Waals surface area (Å²) in [6, 6.07) is 4.47. The fourth-order valence-electron chi connectivity index (χ4n) is 4.56. The molecule has 320 valence electrons. The number of carbonyl (C=O) groups is 5. The van der Waals surface area contributed by atoms with Gasteiger partial charge in [-0.3, -0.25) is 24.0 Å². The van der Waals surface area contributed by atoms with Crippen LogP contribution in [0.15, 0.2) is 23.1 Å². The van der Waals surface area contributed by atoms with Gasteiger partial charge in [0.15, 0.2) is 11.5 Å². The molecule has 0 aromatic heterocycles. The van der Waals surface area contributed by atoms with E-state index in [2.05, 4.69) is 32.2 Å². The number of carbonyl (C=O) groups excluding carboxylic acids is 5. The van der Waals surface area contributed by atoms with Crippen LogP contribution < -0.4 is 0 Å². The van der Waals surface area contributed by atoms with Gasteiger partial charge in [0, 0.05) is 48.9 Å². The third-order valence-electron chi connectivity index (χ3n) is 8.36. The van der Waals surface area contributed by atoms with E-state index in [0.717, 1.165) is 24.6 Å². The number of hydrogen-bond donors (Lipinski definition) is 4. The van der Waals surface area contributed by atoms with Crippen LogP contribution in [0.2, 0.25) is 0 Å². The lowest BCUT2D eigenvalue weighted by atomic mass is 9.92. The maximum atomic E-state index is 12.8. The molecule has 14 nitrogen and oxygen atoms in total. The number of methoxy groups -OCH3 is 1. The number of para-hydroxylation sites is 1. The van der Waals surface area contributed by atoms with Gasteiger partial charge in [0.05, 0.1) is 49.2 Å². The Morgan fingerprint density at radius 3 is 1.70 bits per heavy atom. The van der Waals surface area contributed by atoms with Crippen molar-refractivity contribution in [3.05, 3.63) is 18.2 Å². The van der Waals surface area contributed by atoms with Gasteiger partial charge in [0.2, 0.25) is 0 Å². The van der Waals surface area contributed by atoms with Gasteiger partial charge in [0.25, 0.3) is 0 Å². The van der Waals surface area contributed by atoms with Crippen molar-refractivity contribution in [3.8, 4) is 11.5 Å². The first-order valence-electron chi connectivity index (χ1n) is 18.4. The minimum atomic E-state index is -1.44. The summed E-state index contributed by atoms with van der Waals surface area (Å²) in [7, 11) is 1.65. The molecular weight excluding hydrogens is 809 g/mol. The number of hydrogen-bond acceptors (Lipinski definition) is 18. The van der Waals surface area contributed by atoms with Crippen LogP contribution in [0.5, 0.6) is 11.5 Å². The molecule has 18 heteroatoms.